The fourth-order valence-corrected chi connectivity index (χ4v) is 3.05. The second-order valence-electron chi connectivity index (χ2n) is 5.99. The molecule has 2 rings (SSSR count). The number of nitrogens with zero attached hydrogens (tertiary/aromatic N) is 1. The molecule has 1 saturated heterocycles. The topological polar surface area (TPSA) is 58.4 Å². The van der Waals surface area contributed by atoms with Crippen molar-refractivity contribution in [2.75, 3.05) is 25.0 Å². The molecule has 1 aromatic carbocycles. The Morgan fingerprint density at radius 1 is 1.48 bits per heavy atom. The van der Waals surface area contributed by atoms with Gasteiger partial charge in [0, 0.05) is 12.6 Å². The number of piperidine rings is 1. The maximum Gasteiger partial charge on any atom is 0.238 e. The molecule has 1 aliphatic heterocycles. The van der Waals surface area contributed by atoms with E-state index in [0.29, 0.717) is 35.8 Å². The molecule has 0 aliphatic carbocycles. The lowest BCUT2D eigenvalue weighted by atomic mass is 9.93. The van der Waals surface area contributed by atoms with Gasteiger partial charge in [-0.25, -0.2) is 0 Å². The van der Waals surface area contributed by atoms with Crippen LogP contribution in [-0.2, 0) is 4.79 Å². The molecule has 2 atom stereocenters. The van der Waals surface area contributed by atoms with E-state index in [-0.39, 0.29) is 5.91 Å². The average Bonchev–Trinajstić information content (AvgIpc) is 2.44. The van der Waals surface area contributed by atoms with Gasteiger partial charge in [-0.05, 0) is 56.8 Å². The summed E-state index contributed by atoms with van der Waals surface area (Å²) < 4.78 is 0. The summed E-state index contributed by atoms with van der Waals surface area (Å²) in [5.74, 6) is 0.474. The van der Waals surface area contributed by atoms with E-state index in [4.69, 9.17) is 17.3 Å². The number of benzene rings is 1. The van der Waals surface area contributed by atoms with Crippen molar-refractivity contribution in [3.8, 4) is 0 Å². The van der Waals surface area contributed by atoms with Crippen molar-refractivity contribution in [2.45, 2.75) is 32.7 Å². The molecule has 5 heteroatoms. The van der Waals surface area contributed by atoms with Crippen molar-refractivity contribution in [3.63, 3.8) is 0 Å². The summed E-state index contributed by atoms with van der Waals surface area (Å²) >= 11 is 6.15. The second kappa shape index (κ2) is 7.25. The van der Waals surface area contributed by atoms with E-state index in [0.717, 1.165) is 24.9 Å². The zero-order valence-corrected chi connectivity index (χ0v) is 13.5. The number of nitrogens with one attached hydrogen (secondary N) is 1. The van der Waals surface area contributed by atoms with Gasteiger partial charge in [0.1, 0.15) is 0 Å². The minimum Gasteiger partial charge on any atom is -0.330 e. The summed E-state index contributed by atoms with van der Waals surface area (Å²) in [6.07, 6.45) is 2.25. The van der Waals surface area contributed by atoms with Crippen LogP contribution in [0.25, 0.3) is 0 Å². The van der Waals surface area contributed by atoms with Crippen LogP contribution < -0.4 is 11.1 Å². The highest BCUT2D eigenvalue weighted by Gasteiger charge is 2.26. The van der Waals surface area contributed by atoms with Crippen LogP contribution in [0, 0.1) is 12.8 Å². The maximum atomic E-state index is 12.2. The Labute approximate surface area is 131 Å². The number of amides is 1. The van der Waals surface area contributed by atoms with E-state index in [9.17, 15) is 4.79 Å². The van der Waals surface area contributed by atoms with Crippen molar-refractivity contribution in [3.05, 3.63) is 28.8 Å². The van der Waals surface area contributed by atoms with Gasteiger partial charge in [0.15, 0.2) is 0 Å². The van der Waals surface area contributed by atoms with Crippen LogP contribution in [-0.4, -0.2) is 36.5 Å². The zero-order chi connectivity index (χ0) is 15.4. The molecule has 0 radical (unpaired) electrons. The Kier molecular flexibility index (Phi) is 5.62. The molecule has 1 fully saturated rings. The molecule has 0 bridgehead atoms. The van der Waals surface area contributed by atoms with Crippen molar-refractivity contribution < 1.29 is 4.79 Å². The van der Waals surface area contributed by atoms with Gasteiger partial charge in [-0.1, -0.05) is 17.7 Å². The van der Waals surface area contributed by atoms with Crippen LogP contribution in [0.1, 0.15) is 25.3 Å². The number of hydrogen-bond donors (Lipinski definition) is 2. The molecule has 4 nitrogen and oxygen atoms in total. The molecule has 0 spiro atoms. The predicted octanol–water partition coefficient (Wildman–Crippen LogP) is 2.65. The van der Waals surface area contributed by atoms with Crippen molar-refractivity contribution in [1.29, 1.82) is 0 Å². The highest BCUT2D eigenvalue weighted by atomic mass is 35.5. The van der Waals surface area contributed by atoms with Crippen LogP contribution in [0.15, 0.2) is 18.2 Å². The molecular formula is C16H24ClN3O. The summed E-state index contributed by atoms with van der Waals surface area (Å²) in [7, 11) is 0. The molecule has 1 aliphatic rings. The first-order chi connectivity index (χ1) is 9.99. The first-order valence-corrected chi connectivity index (χ1v) is 7.87. The molecule has 0 saturated carbocycles. The molecule has 0 aromatic heterocycles. The highest BCUT2D eigenvalue weighted by molar-refractivity contribution is 6.33. The Balaban J connectivity index is 1.94. The van der Waals surface area contributed by atoms with Crippen LogP contribution in [0.3, 0.4) is 0 Å². The molecule has 2 unspecified atom stereocenters. The third-order valence-electron chi connectivity index (χ3n) is 4.19. The lowest BCUT2D eigenvalue weighted by Gasteiger charge is -2.37. The molecule has 3 N–H and O–H groups in total. The van der Waals surface area contributed by atoms with Crippen molar-refractivity contribution in [2.24, 2.45) is 11.7 Å². The smallest absolute Gasteiger partial charge is 0.238 e. The Bertz CT molecular complexity index is 506. The number of rotatable bonds is 4. The molecule has 1 heterocycles. The third-order valence-corrected chi connectivity index (χ3v) is 4.50. The molecule has 1 amide bonds. The first-order valence-electron chi connectivity index (χ1n) is 7.49. The zero-order valence-electron chi connectivity index (χ0n) is 12.7. The summed E-state index contributed by atoms with van der Waals surface area (Å²) in [6.45, 7) is 6.11. The van der Waals surface area contributed by atoms with Gasteiger partial charge in [-0.3, -0.25) is 9.69 Å². The van der Waals surface area contributed by atoms with E-state index in [1.807, 2.05) is 25.1 Å². The van der Waals surface area contributed by atoms with E-state index < -0.39 is 0 Å². The molecule has 116 valence electrons. The number of carbonyl (C=O) groups is 1. The van der Waals surface area contributed by atoms with Crippen molar-refractivity contribution >= 4 is 23.2 Å². The molecule has 1 aromatic rings. The quantitative estimate of drug-likeness (QED) is 0.899. The number of carbonyl (C=O) groups excluding carboxylic acids is 1. The van der Waals surface area contributed by atoms with Gasteiger partial charge in [0.2, 0.25) is 5.91 Å². The number of aryl methyl sites for hydroxylation is 1. The Morgan fingerprint density at radius 3 is 2.90 bits per heavy atom. The number of halogens is 1. The summed E-state index contributed by atoms with van der Waals surface area (Å²) in [4.78, 5) is 14.4. The SMILES string of the molecule is Cc1ccc(NC(=O)CN2CC(CN)CCC2C)c(Cl)c1. The summed E-state index contributed by atoms with van der Waals surface area (Å²) in [6, 6.07) is 6.06. The van der Waals surface area contributed by atoms with Gasteiger partial charge < -0.3 is 11.1 Å². The van der Waals surface area contributed by atoms with E-state index in [1.54, 1.807) is 0 Å². The summed E-state index contributed by atoms with van der Waals surface area (Å²) in [5, 5.41) is 3.47. The number of anilines is 1. The standard InChI is InChI=1S/C16H24ClN3O/c1-11-3-6-15(14(17)7-11)19-16(21)10-20-9-13(8-18)5-4-12(20)2/h3,6-7,12-13H,4-5,8-10,18H2,1-2H3,(H,19,21). The largest absolute Gasteiger partial charge is 0.330 e. The first kappa shape index (κ1) is 16.3. The number of likely N-dealkylation sites (tertiary alicyclic amines) is 1. The van der Waals surface area contributed by atoms with E-state index in [1.165, 1.54) is 0 Å². The van der Waals surface area contributed by atoms with Gasteiger partial charge in [0.25, 0.3) is 0 Å². The second-order valence-corrected chi connectivity index (χ2v) is 6.40. The highest BCUT2D eigenvalue weighted by Crippen LogP contribution is 2.24. The Hall–Kier alpha value is -1.10. The van der Waals surface area contributed by atoms with Gasteiger partial charge in [-0.2, -0.15) is 0 Å². The number of nitrogens with two attached hydrogens (primary N) is 1. The minimum atomic E-state index is -0.0229. The van der Waals surface area contributed by atoms with Crippen molar-refractivity contribution in [1.82, 2.24) is 4.90 Å². The molecular weight excluding hydrogens is 286 g/mol. The van der Waals surface area contributed by atoms with Gasteiger partial charge in [-0.15, -0.1) is 0 Å². The predicted molar refractivity (Wildman–Crippen MR) is 87.6 cm³/mol. The normalized spacial score (nSPS) is 23.0. The van der Waals surface area contributed by atoms with Crippen LogP contribution in [0.5, 0.6) is 0 Å². The summed E-state index contributed by atoms with van der Waals surface area (Å²) in [5.41, 5.74) is 7.51. The minimum absolute atomic E-state index is 0.0229. The monoisotopic (exact) mass is 309 g/mol. The maximum absolute atomic E-state index is 12.2. The fourth-order valence-electron chi connectivity index (χ4n) is 2.77. The van der Waals surface area contributed by atoms with Crippen LogP contribution in [0.2, 0.25) is 5.02 Å². The Morgan fingerprint density at radius 2 is 2.24 bits per heavy atom. The lowest BCUT2D eigenvalue weighted by Crippen LogP contribution is -2.47. The van der Waals surface area contributed by atoms with Gasteiger partial charge >= 0.3 is 0 Å². The average molecular weight is 310 g/mol. The number of hydrogen-bond acceptors (Lipinski definition) is 3. The fraction of sp³-hybridized carbons (Fsp3) is 0.562. The van der Waals surface area contributed by atoms with E-state index >= 15 is 0 Å². The molecule has 21 heavy (non-hydrogen) atoms. The van der Waals surface area contributed by atoms with Gasteiger partial charge in [0.05, 0.1) is 17.3 Å². The van der Waals surface area contributed by atoms with Crippen LogP contribution >= 0.6 is 11.6 Å². The lowest BCUT2D eigenvalue weighted by molar-refractivity contribution is -0.118. The van der Waals surface area contributed by atoms with E-state index in [2.05, 4.69) is 17.1 Å². The van der Waals surface area contributed by atoms with Crippen LogP contribution in [0.4, 0.5) is 5.69 Å². The third kappa shape index (κ3) is 4.43.